The van der Waals surface area contributed by atoms with Crippen LogP contribution in [0.1, 0.15) is 37.4 Å². The highest BCUT2D eigenvalue weighted by atomic mass is 19.1. The molecule has 30 heavy (non-hydrogen) atoms. The summed E-state index contributed by atoms with van der Waals surface area (Å²) in [6.07, 6.45) is 0.275. The Balaban J connectivity index is 1.94. The quantitative estimate of drug-likeness (QED) is 0.705. The summed E-state index contributed by atoms with van der Waals surface area (Å²) in [5, 5.41) is 12.1. The predicted molar refractivity (Wildman–Crippen MR) is 110 cm³/mol. The highest BCUT2D eigenvalue weighted by Crippen LogP contribution is 2.40. The number of rotatable bonds is 7. The van der Waals surface area contributed by atoms with Crippen LogP contribution in [0.2, 0.25) is 0 Å². The van der Waals surface area contributed by atoms with Crippen molar-refractivity contribution in [1.29, 1.82) is 0 Å². The Hall–Kier alpha value is -3.29. The topological polar surface area (TPSA) is 88.1 Å². The van der Waals surface area contributed by atoms with Gasteiger partial charge in [0, 0.05) is 12.2 Å². The summed E-state index contributed by atoms with van der Waals surface area (Å²) < 4.78 is 24.8. The number of nitrogens with zero attached hydrogens (tertiary/aromatic N) is 1. The molecule has 160 valence electrons. The minimum Gasteiger partial charge on any atom is -0.490 e. The number of ether oxygens (including phenoxy) is 2. The van der Waals surface area contributed by atoms with Gasteiger partial charge in [-0.2, -0.15) is 0 Å². The lowest BCUT2D eigenvalue weighted by atomic mass is 9.90. The molecule has 1 aliphatic heterocycles. The molecular formula is C22H25FN2O5. The molecule has 2 aromatic rings. The van der Waals surface area contributed by atoms with Gasteiger partial charge in [0.25, 0.3) is 0 Å². The average Bonchev–Trinajstić information content (AvgIpc) is 2.69. The van der Waals surface area contributed by atoms with Crippen LogP contribution in [0, 0.1) is 5.82 Å². The van der Waals surface area contributed by atoms with Crippen molar-refractivity contribution < 1.29 is 28.6 Å². The third-order valence-corrected chi connectivity index (χ3v) is 4.87. The summed E-state index contributed by atoms with van der Waals surface area (Å²) >= 11 is 0. The fraction of sp³-hybridized carbons (Fsp3) is 0.364. The van der Waals surface area contributed by atoms with Gasteiger partial charge in [-0.25, -0.2) is 9.18 Å². The number of amides is 2. The van der Waals surface area contributed by atoms with E-state index in [0.717, 1.165) is 5.56 Å². The van der Waals surface area contributed by atoms with Gasteiger partial charge in [-0.15, -0.1) is 0 Å². The molecule has 0 spiro atoms. The zero-order chi connectivity index (χ0) is 21.7. The van der Waals surface area contributed by atoms with Crippen LogP contribution in [0.25, 0.3) is 0 Å². The van der Waals surface area contributed by atoms with Crippen molar-refractivity contribution in [1.82, 2.24) is 4.90 Å². The highest BCUT2D eigenvalue weighted by Gasteiger charge is 2.34. The maximum atomic E-state index is 13.5. The van der Waals surface area contributed by atoms with E-state index in [1.54, 1.807) is 12.1 Å². The summed E-state index contributed by atoms with van der Waals surface area (Å²) in [6.45, 7) is 4.95. The second-order valence-corrected chi connectivity index (χ2v) is 6.86. The van der Waals surface area contributed by atoms with Gasteiger partial charge in [0.15, 0.2) is 11.5 Å². The van der Waals surface area contributed by atoms with E-state index in [2.05, 4.69) is 5.32 Å². The van der Waals surface area contributed by atoms with Gasteiger partial charge in [-0.05, 0) is 61.7 Å². The average molecular weight is 416 g/mol. The zero-order valence-corrected chi connectivity index (χ0v) is 17.0. The zero-order valence-electron chi connectivity index (χ0n) is 17.0. The molecule has 2 amide bonds. The Bertz CT molecular complexity index is 934. The first-order valence-corrected chi connectivity index (χ1v) is 9.90. The van der Waals surface area contributed by atoms with Gasteiger partial charge in [-0.3, -0.25) is 4.79 Å². The number of aliphatic carboxylic acids is 1. The van der Waals surface area contributed by atoms with Crippen LogP contribution in [-0.2, 0) is 11.2 Å². The van der Waals surface area contributed by atoms with Gasteiger partial charge in [-0.1, -0.05) is 6.07 Å². The second kappa shape index (κ2) is 9.47. The Morgan fingerprint density at radius 3 is 2.50 bits per heavy atom. The number of carbonyl (C=O) groups excluding carboxylic acids is 1. The smallest absolute Gasteiger partial charge is 0.322 e. The van der Waals surface area contributed by atoms with Crippen LogP contribution in [0.4, 0.5) is 14.9 Å². The van der Waals surface area contributed by atoms with Gasteiger partial charge < -0.3 is 24.8 Å². The number of nitrogens with one attached hydrogen (secondary N) is 1. The molecule has 0 saturated carbocycles. The van der Waals surface area contributed by atoms with Gasteiger partial charge >= 0.3 is 12.0 Å². The number of carboxylic acids is 1. The molecule has 1 atom stereocenters. The molecule has 1 heterocycles. The normalized spacial score (nSPS) is 15.3. The molecule has 8 heteroatoms. The molecule has 0 aromatic heterocycles. The Kier molecular flexibility index (Phi) is 6.76. The van der Waals surface area contributed by atoms with Crippen molar-refractivity contribution in [3.8, 4) is 11.5 Å². The molecule has 2 N–H and O–H groups in total. The predicted octanol–water partition coefficient (Wildman–Crippen LogP) is 4.23. The van der Waals surface area contributed by atoms with E-state index in [-0.39, 0.29) is 6.42 Å². The first-order valence-electron chi connectivity index (χ1n) is 9.90. The van der Waals surface area contributed by atoms with Crippen LogP contribution >= 0.6 is 0 Å². The molecule has 0 saturated heterocycles. The summed E-state index contributed by atoms with van der Waals surface area (Å²) in [7, 11) is 0. The van der Waals surface area contributed by atoms with Crippen molar-refractivity contribution in [3.05, 3.63) is 53.3 Å². The van der Waals surface area contributed by atoms with E-state index in [0.29, 0.717) is 48.9 Å². The molecule has 1 aliphatic rings. The summed E-state index contributed by atoms with van der Waals surface area (Å²) in [5.41, 5.74) is 1.94. The van der Waals surface area contributed by atoms with Crippen LogP contribution in [0.5, 0.6) is 11.5 Å². The van der Waals surface area contributed by atoms with Gasteiger partial charge in [0.1, 0.15) is 5.82 Å². The van der Waals surface area contributed by atoms with Gasteiger partial charge in [0.05, 0.1) is 25.7 Å². The molecule has 0 radical (unpaired) electrons. The van der Waals surface area contributed by atoms with Crippen LogP contribution in [0.15, 0.2) is 36.4 Å². The molecular weight excluding hydrogens is 391 g/mol. The fourth-order valence-electron chi connectivity index (χ4n) is 3.64. The number of carbonyl (C=O) groups is 2. The van der Waals surface area contributed by atoms with Crippen molar-refractivity contribution >= 4 is 17.7 Å². The molecule has 0 unspecified atom stereocenters. The van der Waals surface area contributed by atoms with E-state index in [1.165, 1.54) is 23.1 Å². The largest absolute Gasteiger partial charge is 0.490 e. The number of carboxylic acid groups (broad SMARTS) is 1. The number of benzene rings is 2. The van der Waals surface area contributed by atoms with Gasteiger partial charge in [0.2, 0.25) is 0 Å². The van der Waals surface area contributed by atoms with Crippen LogP contribution in [-0.4, -0.2) is 41.8 Å². The monoisotopic (exact) mass is 416 g/mol. The third-order valence-electron chi connectivity index (χ3n) is 4.87. The van der Waals surface area contributed by atoms with Crippen molar-refractivity contribution in [2.75, 3.05) is 25.1 Å². The van der Waals surface area contributed by atoms with E-state index >= 15 is 0 Å². The SMILES string of the molecule is CCOc1cc2c(cc1OCC)[C@H](CC(=O)O)N(C(=O)Nc1cccc(F)c1)CC2. The molecule has 0 bridgehead atoms. The standard InChI is InChI=1S/C22H25FN2O5/c1-3-29-19-10-14-8-9-25(22(28)24-16-7-5-6-15(23)11-16)18(13-21(26)27)17(14)12-20(19)30-4-2/h5-7,10-12,18H,3-4,8-9,13H2,1-2H3,(H,24,28)(H,26,27)/t18-/m0/s1. The minimum atomic E-state index is -1.02. The number of hydrogen-bond donors (Lipinski definition) is 2. The third kappa shape index (κ3) is 4.82. The lowest BCUT2D eigenvalue weighted by Crippen LogP contribution is -2.43. The van der Waals surface area contributed by atoms with Crippen molar-refractivity contribution in [2.45, 2.75) is 32.7 Å². The first kappa shape index (κ1) is 21.4. The highest BCUT2D eigenvalue weighted by molar-refractivity contribution is 5.90. The Morgan fingerprint density at radius 2 is 1.87 bits per heavy atom. The van der Waals surface area contributed by atoms with Crippen molar-refractivity contribution in [3.63, 3.8) is 0 Å². The summed E-state index contributed by atoms with van der Waals surface area (Å²) in [4.78, 5) is 25.9. The summed E-state index contributed by atoms with van der Waals surface area (Å²) in [6, 6.07) is 8.02. The number of halogens is 1. The maximum absolute atomic E-state index is 13.5. The lowest BCUT2D eigenvalue weighted by Gasteiger charge is -2.37. The molecule has 0 aliphatic carbocycles. The molecule has 3 rings (SSSR count). The second-order valence-electron chi connectivity index (χ2n) is 6.86. The Labute approximate surface area is 174 Å². The van der Waals surface area contributed by atoms with Crippen LogP contribution in [0.3, 0.4) is 0 Å². The van der Waals surface area contributed by atoms with Crippen molar-refractivity contribution in [2.24, 2.45) is 0 Å². The first-order chi connectivity index (χ1) is 14.4. The minimum absolute atomic E-state index is 0.261. The van der Waals surface area contributed by atoms with E-state index in [1.807, 2.05) is 19.9 Å². The van der Waals surface area contributed by atoms with E-state index in [9.17, 15) is 19.1 Å². The molecule has 7 nitrogen and oxygen atoms in total. The molecule has 2 aromatic carbocycles. The Morgan fingerprint density at radius 1 is 1.17 bits per heavy atom. The molecule has 0 fully saturated rings. The van der Waals surface area contributed by atoms with E-state index in [4.69, 9.17) is 9.47 Å². The van der Waals surface area contributed by atoms with Crippen LogP contribution < -0.4 is 14.8 Å². The number of anilines is 1. The fourth-order valence-corrected chi connectivity index (χ4v) is 3.64. The van der Waals surface area contributed by atoms with E-state index < -0.39 is 23.9 Å². The lowest BCUT2D eigenvalue weighted by molar-refractivity contribution is -0.138. The summed E-state index contributed by atoms with van der Waals surface area (Å²) in [5.74, 6) is -0.377. The number of fused-ring (bicyclic) bond motifs is 1. The maximum Gasteiger partial charge on any atom is 0.322 e. The number of urea groups is 1. The number of hydrogen-bond acceptors (Lipinski definition) is 4.